The number of rotatable bonds is 5. The van der Waals surface area contributed by atoms with Crippen molar-refractivity contribution in [2.45, 2.75) is 0 Å². The molecule has 7 heteroatoms. The van der Waals surface area contributed by atoms with Gasteiger partial charge in [0.05, 0.1) is 5.75 Å². The van der Waals surface area contributed by atoms with Crippen molar-refractivity contribution in [2.75, 3.05) is 23.9 Å². The third-order valence-corrected chi connectivity index (χ3v) is 3.88. The van der Waals surface area contributed by atoms with Crippen LogP contribution >= 0.6 is 28.1 Å². The Kier molecular flexibility index (Phi) is 4.91. The van der Waals surface area contributed by atoms with Crippen LogP contribution in [-0.4, -0.2) is 32.0 Å². The van der Waals surface area contributed by atoms with Crippen LogP contribution in [0.3, 0.4) is 0 Å². The van der Waals surface area contributed by atoms with Gasteiger partial charge in [0.1, 0.15) is 14.8 Å². The Balaban J connectivity index is 2.70. The number of benzene rings is 1. The number of halogens is 1. The van der Waals surface area contributed by atoms with Gasteiger partial charge in [-0.05, 0) is 34.1 Å². The van der Waals surface area contributed by atoms with Gasteiger partial charge >= 0.3 is 0 Å². The van der Waals surface area contributed by atoms with Crippen LogP contribution in [0.5, 0.6) is 0 Å². The smallest absolute Gasteiger partial charge is 0.149 e. The predicted octanol–water partition coefficient (Wildman–Crippen LogP) is 1.54. The molecule has 0 radical (unpaired) electrons. The SMILES string of the molecule is CS(=O)(=O)CCNc1ccc(C(N)=S)cc1Br. The van der Waals surface area contributed by atoms with Gasteiger partial charge in [-0.3, -0.25) is 0 Å². The van der Waals surface area contributed by atoms with Crippen molar-refractivity contribution < 1.29 is 8.42 Å². The van der Waals surface area contributed by atoms with E-state index in [-0.39, 0.29) is 5.75 Å². The second-order valence-electron chi connectivity index (χ2n) is 3.62. The van der Waals surface area contributed by atoms with E-state index >= 15 is 0 Å². The normalized spacial score (nSPS) is 11.2. The van der Waals surface area contributed by atoms with Gasteiger partial charge in [0.15, 0.2) is 0 Å². The maximum Gasteiger partial charge on any atom is 0.149 e. The standard InChI is InChI=1S/C10H13BrN2O2S2/c1-17(14,15)5-4-13-9-3-2-7(10(12)16)6-8(9)11/h2-3,6,13H,4-5H2,1H3,(H2,12,16). The van der Waals surface area contributed by atoms with Crippen molar-refractivity contribution in [3.05, 3.63) is 28.2 Å². The summed E-state index contributed by atoms with van der Waals surface area (Å²) in [5.74, 6) is 0.0937. The Bertz CT molecular complexity index is 529. The van der Waals surface area contributed by atoms with Crippen LogP contribution in [0.1, 0.15) is 5.56 Å². The van der Waals surface area contributed by atoms with Gasteiger partial charge in [-0.25, -0.2) is 8.42 Å². The molecule has 3 N–H and O–H groups in total. The Morgan fingerprint density at radius 1 is 1.53 bits per heavy atom. The number of hydrogen-bond acceptors (Lipinski definition) is 4. The largest absolute Gasteiger partial charge is 0.389 e. The average molecular weight is 337 g/mol. The molecule has 0 heterocycles. The van der Waals surface area contributed by atoms with E-state index < -0.39 is 9.84 Å². The zero-order chi connectivity index (χ0) is 13.1. The van der Waals surface area contributed by atoms with E-state index in [9.17, 15) is 8.42 Å². The Hall–Kier alpha value is -0.660. The fourth-order valence-corrected chi connectivity index (χ4v) is 2.30. The fourth-order valence-electron chi connectivity index (χ4n) is 1.18. The minimum absolute atomic E-state index is 0.0937. The molecule has 4 nitrogen and oxygen atoms in total. The van der Waals surface area contributed by atoms with E-state index in [2.05, 4.69) is 21.2 Å². The summed E-state index contributed by atoms with van der Waals surface area (Å²) in [5, 5.41) is 3.03. The minimum Gasteiger partial charge on any atom is -0.389 e. The molecule has 0 aromatic heterocycles. The zero-order valence-corrected chi connectivity index (χ0v) is 12.5. The number of sulfone groups is 1. The van der Waals surface area contributed by atoms with Crippen LogP contribution in [-0.2, 0) is 9.84 Å². The summed E-state index contributed by atoms with van der Waals surface area (Å²) in [6, 6.07) is 5.39. The van der Waals surface area contributed by atoms with E-state index in [1.807, 2.05) is 0 Å². The van der Waals surface area contributed by atoms with E-state index in [1.165, 1.54) is 6.26 Å². The van der Waals surface area contributed by atoms with Gasteiger partial charge in [0, 0.05) is 28.5 Å². The molecule has 1 aromatic rings. The lowest BCUT2D eigenvalue weighted by atomic mass is 10.2. The molecule has 1 aromatic carbocycles. The third-order valence-electron chi connectivity index (χ3n) is 2.04. The molecule has 0 aliphatic carbocycles. The van der Waals surface area contributed by atoms with Gasteiger partial charge in [-0.2, -0.15) is 0 Å². The van der Waals surface area contributed by atoms with E-state index in [4.69, 9.17) is 18.0 Å². The number of anilines is 1. The minimum atomic E-state index is -2.95. The summed E-state index contributed by atoms with van der Waals surface area (Å²) in [5.41, 5.74) is 7.08. The highest BCUT2D eigenvalue weighted by molar-refractivity contribution is 9.10. The summed E-state index contributed by atoms with van der Waals surface area (Å²) in [6.07, 6.45) is 1.21. The monoisotopic (exact) mass is 336 g/mol. The molecular weight excluding hydrogens is 324 g/mol. The first-order valence-electron chi connectivity index (χ1n) is 4.80. The molecule has 0 aliphatic rings. The fraction of sp³-hybridized carbons (Fsp3) is 0.300. The molecule has 0 atom stereocenters. The lowest BCUT2D eigenvalue weighted by Gasteiger charge is -2.09. The summed E-state index contributed by atoms with van der Waals surface area (Å²) in [7, 11) is -2.95. The molecule has 0 bridgehead atoms. The lowest BCUT2D eigenvalue weighted by molar-refractivity contribution is 0.602. The molecule has 17 heavy (non-hydrogen) atoms. The molecule has 94 valence electrons. The molecule has 0 unspecified atom stereocenters. The second-order valence-corrected chi connectivity index (χ2v) is 7.17. The van der Waals surface area contributed by atoms with Gasteiger partial charge in [0.25, 0.3) is 0 Å². The predicted molar refractivity (Wildman–Crippen MR) is 78.2 cm³/mol. The zero-order valence-electron chi connectivity index (χ0n) is 9.23. The molecule has 0 amide bonds. The van der Waals surface area contributed by atoms with Crippen molar-refractivity contribution in [3.63, 3.8) is 0 Å². The highest BCUT2D eigenvalue weighted by Crippen LogP contribution is 2.23. The second kappa shape index (κ2) is 5.79. The molecule has 0 saturated carbocycles. The van der Waals surface area contributed by atoms with Crippen LogP contribution in [0.25, 0.3) is 0 Å². The van der Waals surface area contributed by atoms with Gasteiger partial charge < -0.3 is 11.1 Å². The molecule has 1 rings (SSSR count). The summed E-state index contributed by atoms with van der Waals surface area (Å²) >= 11 is 8.23. The third kappa shape index (κ3) is 5.01. The van der Waals surface area contributed by atoms with E-state index in [0.717, 1.165) is 15.7 Å². The average Bonchev–Trinajstić information content (AvgIpc) is 2.18. The first kappa shape index (κ1) is 14.4. The van der Waals surface area contributed by atoms with E-state index in [0.29, 0.717) is 11.5 Å². The quantitative estimate of drug-likeness (QED) is 0.798. The molecular formula is C10H13BrN2O2S2. The van der Waals surface area contributed by atoms with Crippen LogP contribution in [0.4, 0.5) is 5.69 Å². The van der Waals surface area contributed by atoms with Crippen molar-refractivity contribution >= 4 is 48.7 Å². The lowest BCUT2D eigenvalue weighted by Crippen LogP contribution is -2.15. The maximum atomic E-state index is 11.0. The van der Waals surface area contributed by atoms with Crippen molar-refractivity contribution in [2.24, 2.45) is 5.73 Å². The molecule has 0 spiro atoms. The number of thiocarbonyl (C=S) groups is 1. The maximum absolute atomic E-state index is 11.0. The topological polar surface area (TPSA) is 72.2 Å². The Labute approximate surface area is 115 Å². The Morgan fingerprint density at radius 2 is 2.18 bits per heavy atom. The molecule has 0 saturated heterocycles. The highest BCUT2D eigenvalue weighted by Gasteiger charge is 2.05. The summed E-state index contributed by atoms with van der Waals surface area (Å²) in [4.78, 5) is 0.327. The van der Waals surface area contributed by atoms with Crippen LogP contribution < -0.4 is 11.1 Å². The molecule has 0 fully saturated rings. The van der Waals surface area contributed by atoms with Crippen molar-refractivity contribution in [1.82, 2.24) is 0 Å². The number of hydrogen-bond donors (Lipinski definition) is 2. The van der Waals surface area contributed by atoms with Gasteiger partial charge in [-0.15, -0.1) is 0 Å². The van der Waals surface area contributed by atoms with Crippen LogP contribution in [0, 0.1) is 0 Å². The Morgan fingerprint density at radius 3 is 2.65 bits per heavy atom. The summed E-state index contributed by atoms with van der Waals surface area (Å²) < 4.78 is 22.7. The highest BCUT2D eigenvalue weighted by atomic mass is 79.9. The molecule has 0 aliphatic heterocycles. The van der Waals surface area contributed by atoms with Gasteiger partial charge in [-0.1, -0.05) is 12.2 Å². The number of nitrogens with one attached hydrogen (secondary N) is 1. The van der Waals surface area contributed by atoms with Gasteiger partial charge in [0.2, 0.25) is 0 Å². The first-order chi connectivity index (χ1) is 7.79. The van der Waals surface area contributed by atoms with Crippen LogP contribution in [0.2, 0.25) is 0 Å². The van der Waals surface area contributed by atoms with Crippen molar-refractivity contribution in [1.29, 1.82) is 0 Å². The van der Waals surface area contributed by atoms with Crippen molar-refractivity contribution in [3.8, 4) is 0 Å². The first-order valence-corrected chi connectivity index (χ1v) is 8.07. The number of nitrogens with two attached hydrogens (primary N) is 1. The summed E-state index contributed by atoms with van der Waals surface area (Å²) in [6.45, 7) is 0.365. The van der Waals surface area contributed by atoms with E-state index in [1.54, 1.807) is 18.2 Å². The van der Waals surface area contributed by atoms with Crippen LogP contribution in [0.15, 0.2) is 22.7 Å².